The van der Waals surface area contributed by atoms with E-state index in [1.54, 1.807) is 0 Å². The molecule has 0 aliphatic heterocycles. The molecule has 0 aliphatic rings. The third kappa shape index (κ3) is 5.16. The largest absolute Gasteiger partial charge is 0.417 e. The van der Waals surface area contributed by atoms with Gasteiger partial charge in [0.1, 0.15) is 0 Å². The molecule has 1 aromatic rings. The first-order chi connectivity index (χ1) is 8.99. The third-order valence-electron chi connectivity index (χ3n) is 2.55. The molecule has 0 aliphatic carbocycles. The van der Waals surface area contributed by atoms with Crippen LogP contribution in [0, 0.1) is 0 Å². The van der Waals surface area contributed by atoms with Gasteiger partial charge in [0.25, 0.3) is 0 Å². The van der Waals surface area contributed by atoms with Gasteiger partial charge in [0, 0.05) is 12.8 Å². The van der Waals surface area contributed by atoms with E-state index in [2.05, 4.69) is 10.3 Å². The van der Waals surface area contributed by atoms with Gasteiger partial charge in [0.2, 0.25) is 0 Å². The minimum absolute atomic E-state index is 0.182. The molecule has 1 N–H and O–H groups in total. The molecule has 0 fully saturated rings. The monoisotopic (exact) mass is 276 g/mol. The minimum atomic E-state index is -4.35. The van der Waals surface area contributed by atoms with Crippen LogP contribution in [-0.4, -0.2) is 24.7 Å². The number of pyridine rings is 1. The normalized spacial score (nSPS) is 13.5. The smallest absolute Gasteiger partial charge is 0.379 e. The van der Waals surface area contributed by atoms with E-state index in [4.69, 9.17) is 4.74 Å². The number of ether oxygens (including phenoxy) is 1. The Balaban J connectivity index is 2.73. The summed E-state index contributed by atoms with van der Waals surface area (Å²) < 4.78 is 42.7. The number of rotatable bonds is 7. The van der Waals surface area contributed by atoms with Gasteiger partial charge in [-0.15, -0.1) is 0 Å². The van der Waals surface area contributed by atoms with Crippen molar-refractivity contribution in [3.8, 4) is 0 Å². The maximum absolute atomic E-state index is 12.4. The molecule has 0 aromatic carbocycles. The van der Waals surface area contributed by atoms with Gasteiger partial charge < -0.3 is 10.1 Å². The van der Waals surface area contributed by atoms with E-state index in [0.717, 1.165) is 18.7 Å². The van der Waals surface area contributed by atoms with E-state index in [9.17, 15) is 13.2 Å². The van der Waals surface area contributed by atoms with Gasteiger partial charge in [0.05, 0.1) is 23.9 Å². The number of hydrogen-bond donors (Lipinski definition) is 1. The van der Waals surface area contributed by atoms with Crippen molar-refractivity contribution in [1.29, 1.82) is 0 Å². The van der Waals surface area contributed by atoms with E-state index in [0.29, 0.717) is 25.5 Å². The Morgan fingerprint density at radius 1 is 1.32 bits per heavy atom. The van der Waals surface area contributed by atoms with Crippen molar-refractivity contribution < 1.29 is 17.9 Å². The first kappa shape index (κ1) is 15.9. The highest BCUT2D eigenvalue weighted by atomic mass is 19.4. The fourth-order valence-corrected chi connectivity index (χ4v) is 1.62. The summed E-state index contributed by atoms with van der Waals surface area (Å²) in [5.41, 5.74) is -0.174. The maximum atomic E-state index is 12.4. The number of hydrogen-bond acceptors (Lipinski definition) is 3. The van der Waals surface area contributed by atoms with Crippen LogP contribution in [0.3, 0.4) is 0 Å². The summed E-state index contributed by atoms with van der Waals surface area (Å²) >= 11 is 0. The van der Waals surface area contributed by atoms with Crippen LogP contribution in [-0.2, 0) is 10.9 Å². The van der Waals surface area contributed by atoms with Crippen molar-refractivity contribution in [2.24, 2.45) is 0 Å². The zero-order valence-electron chi connectivity index (χ0n) is 11.1. The lowest BCUT2D eigenvalue weighted by molar-refractivity contribution is -0.137. The summed E-state index contributed by atoms with van der Waals surface area (Å²) in [5, 5.41) is 3.15. The van der Waals surface area contributed by atoms with E-state index < -0.39 is 11.7 Å². The van der Waals surface area contributed by atoms with Crippen molar-refractivity contribution in [2.45, 2.75) is 32.5 Å². The second-order valence-electron chi connectivity index (χ2n) is 4.15. The van der Waals surface area contributed by atoms with Crippen LogP contribution in [0.1, 0.15) is 37.6 Å². The number of aromatic nitrogens is 1. The molecule has 3 nitrogen and oxygen atoms in total. The van der Waals surface area contributed by atoms with Crippen LogP contribution in [0.2, 0.25) is 0 Å². The van der Waals surface area contributed by atoms with Crippen molar-refractivity contribution >= 4 is 0 Å². The Kier molecular flexibility index (Phi) is 6.24. The predicted octanol–water partition coefficient (Wildman–Crippen LogP) is 3.18. The molecule has 0 radical (unpaired) electrons. The minimum Gasteiger partial charge on any atom is -0.379 e. The Labute approximate surface area is 111 Å². The predicted molar refractivity (Wildman–Crippen MR) is 66.8 cm³/mol. The van der Waals surface area contributed by atoms with Crippen LogP contribution < -0.4 is 5.32 Å². The van der Waals surface area contributed by atoms with Crippen LogP contribution in [0.25, 0.3) is 0 Å². The number of likely N-dealkylation sites (N-methyl/N-ethyl adjacent to an activating group) is 1. The molecule has 19 heavy (non-hydrogen) atoms. The second-order valence-corrected chi connectivity index (χ2v) is 4.15. The lowest BCUT2D eigenvalue weighted by Gasteiger charge is -2.18. The van der Waals surface area contributed by atoms with Crippen LogP contribution >= 0.6 is 0 Å². The number of nitrogens with zero attached hydrogens (tertiary/aromatic N) is 1. The van der Waals surface area contributed by atoms with Gasteiger partial charge in [0.15, 0.2) is 0 Å². The molecule has 108 valence electrons. The van der Waals surface area contributed by atoms with Crippen molar-refractivity contribution in [3.63, 3.8) is 0 Å². The number of nitrogens with one attached hydrogen (secondary N) is 1. The third-order valence-corrected chi connectivity index (χ3v) is 2.55. The van der Waals surface area contributed by atoms with Gasteiger partial charge in [-0.3, -0.25) is 4.98 Å². The highest BCUT2D eigenvalue weighted by Crippen LogP contribution is 2.28. The Bertz CT molecular complexity index is 365. The molecule has 0 amide bonds. The van der Waals surface area contributed by atoms with Crippen molar-refractivity contribution in [2.75, 3.05) is 19.8 Å². The molecule has 1 atom stereocenters. The zero-order chi connectivity index (χ0) is 14.3. The molecule has 0 spiro atoms. The summed E-state index contributed by atoms with van der Waals surface area (Å²) in [6.07, 6.45) is -2.59. The highest BCUT2D eigenvalue weighted by Gasteiger charge is 2.30. The zero-order valence-corrected chi connectivity index (χ0v) is 11.1. The second kappa shape index (κ2) is 7.45. The van der Waals surface area contributed by atoms with Gasteiger partial charge in [-0.1, -0.05) is 13.8 Å². The summed E-state index contributed by atoms with van der Waals surface area (Å²) in [6.45, 7) is 5.65. The Morgan fingerprint density at radius 3 is 2.53 bits per heavy atom. The average molecular weight is 276 g/mol. The van der Waals surface area contributed by atoms with Gasteiger partial charge in [-0.05, 0) is 25.1 Å². The molecular weight excluding hydrogens is 257 g/mol. The standard InChI is InChI=1S/C13H19F3N2O/c1-3-7-19-9-12(17-4-2)11-6-5-10(8-18-11)13(14,15)16/h5-6,8,12,17H,3-4,7,9H2,1-2H3. The quantitative estimate of drug-likeness (QED) is 0.777. The molecule has 0 saturated heterocycles. The number of halogens is 3. The topological polar surface area (TPSA) is 34.1 Å². The molecule has 6 heteroatoms. The van der Waals surface area contributed by atoms with Crippen LogP contribution in [0.4, 0.5) is 13.2 Å². The van der Waals surface area contributed by atoms with Crippen LogP contribution in [0.5, 0.6) is 0 Å². The van der Waals surface area contributed by atoms with E-state index in [1.807, 2.05) is 13.8 Å². The Morgan fingerprint density at radius 2 is 2.05 bits per heavy atom. The van der Waals surface area contributed by atoms with Gasteiger partial charge in [-0.2, -0.15) is 13.2 Å². The van der Waals surface area contributed by atoms with Gasteiger partial charge >= 0.3 is 6.18 Å². The summed E-state index contributed by atoms with van der Waals surface area (Å²) in [4.78, 5) is 3.88. The molecule has 1 aromatic heterocycles. The molecular formula is C13H19F3N2O. The fraction of sp³-hybridized carbons (Fsp3) is 0.615. The molecule has 1 heterocycles. The highest BCUT2D eigenvalue weighted by molar-refractivity contribution is 5.19. The molecule has 1 rings (SSSR count). The lowest BCUT2D eigenvalue weighted by atomic mass is 10.1. The Hall–Kier alpha value is -1.14. The molecule has 1 unspecified atom stereocenters. The summed E-state index contributed by atoms with van der Waals surface area (Å²) in [5.74, 6) is 0. The molecule has 0 saturated carbocycles. The fourth-order valence-electron chi connectivity index (χ4n) is 1.62. The maximum Gasteiger partial charge on any atom is 0.417 e. The first-order valence-electron chi connectivity index (χ1n) is 6.33. The molecule has 0 bridgehead atoms. The summed E-state index contributed by atoms with van der Waals surface area (Å²) in [7, 11) is 0. The summed E-state index contributed by atoms with van der Waals surface area (Å²) in [6, 6.07) is 2.26. The first-order valence-corrected chi connectivity index (χ1v) is 6.33. The average Bonchev–Trinajstić information content (AvgIpc) is 2.37. The lowest BCUT2D eigenvalue weighted by Crippen LogP contribution is -2.26. The van der Waals surface area contributed by atoms with Gasteiger partial charge in [-0.25, -0.2) is 0 Å². The number of alkyl halides is 3. The van der Waals surface area contributed by atoms with Crippen molar-refractivity contribution in [3.05, 3.63) is 29.6 Å². The SMILES string of the molecule is CCCOCC(NCC)c1ccc(C(F)(F)F)cn1. The van der Waals surface area contributed by atoms with E-state index >= 15 is 0 Å². The van der Waals surface area contributed by atoms with Crippen molar-refractivity contribution in [1.82, 2.24) is 10.3 Å². The van der Waals surface area contributed by atoms with E-state index in [1.165, 1.54) is 6.07 Å². The van der Waals surface area contributed by atoms with Crippen LogP contribution in [0.15, 0.2) is 18.3 Å². The van der Waals surface area contributed by atoms with E-state index in [-0.39, 0.29) is 6.04 Å².